The van der Waals surface area contributed by atoms with E-state index in [0.717, 1.165) is 11.1 Å². The van der Waals surface area contributed by atoms with Gasteiger partial charge in [0.1, 0.15) is 36.9 Å². The summed E-state index contributed by atoms with van der Waals surface area (Å²) in [4.78, 5) is 80.7. The first-order valence-electron chi connectivity index (χ1n) is 16.8. The van der Waals surface area contributed by atoms with Gasteiger partial charge in [-0.2, -0.15) is 0 Å². The van der Waals surface area contributed by atoms with E-state index in [4.69, 9.17) is 14.2 Å². The zero-order chi connectivity index (χ0) is 36.3. The summed E-state index contributed by atoms with van der Waals surface area (Å²) in [6.45, 7) is 6.66. The lowest BCUT2D eigenvalue weighted by Gasteiger charge is -2.33. The lowest BCUT2D eigenvalue weighted by molar-refractivity contribution is -0.145. The normalized spacial score (nSPS) is 19.3. The molecule has 3 N–H and O–H groups in total. The van der Waals surface area contributed by atoms with E-state index >= 15 is 0 Å². The Morgan fingerprint density at radius 3 is 2.10 bits per heavy atom. The number of hydrogen-bond acceptors (Lipinski definition) is 9. The Hall–Kier alpha value is -4.98. The number of rotatable bonds is 13. The van der Waals surface area contributed by atoms with E-state index in [9.17, 15) is 28.8 Å². The Morgan fingerprint density at radius 1 is 0.820 bits per heavy atom. The first-order valence-corrected chi connectivity index (χ1v) is 16.8. The molecular formula is C36H47N5O9. The van der Waals surface area contributed by atoms with E-state index in [0.29, 0.717) is 25.8 Å². The van der Waals surface area contributed by atoms with E-state index in [2.05, 4.69) is 16.0 Å². The standard InChI is InChI=1S/C36H47N5O9/c1-24(32(44)38-21-30(43)49-23-26-14-9-6-10-15-26)39-29(42)20-37-33(45)31-28(48-22-25-12-7-5-8-13-25)17-19-41(31)34(46)27-16-11-18-40(27)35(47)50-36(2,3)4/h5-10,12-15,24,27-28,31H,11,16-23H2,1-4H3,(H,37,45)(H,38,44)(H,39,42)/t24-,27-,28?,31-/m0/s1. The fraction of sp³-hybridized carbons (Fsp3) is 0.500. The SMILES string of the molecule is C[C@H](NC(=O)CNC(=O)[C@@H]1C(OCc2ccccc2)CCN1C(=O)[C@@H]1CCCN1C(=O)OC(C)(C)C)C(=O)NCC(=O)OCc1ccccc1. The van der Waals surface area contributed by atoms with Crippen LogP contribution >= 0.6 is 0 Å². The molecule has 0 radical (unpaired) electrons. The highest BCUT2D eigenvalue weighted by Gasteiger charge is 2.47. The van der Waals surface area contributed by atoms with Crippen molar-refractivity contribution in [3.8, 4) is 0 Å². The number of nitrogens with zero attached hydrogens (tertiary/aromatic N) is 2. The number of hydrogen-bond donors (Lipinski definition) is 3. The van der Waals surface area contributed by atoms with Crippen LogP contribution in [0.3, 0.4) is 0 Å². The molecule has 5 amide bonds. The number of amides is 5. The van der Waals surface area contributed by atoms with Crippen LogP contribution in [0.15, 0.2) is 60.7 Å². The molecule has 0 spiro atoms. The van der Waals surface area contributed by atoms with Gasteiger partial charge in [-0.25, -0.2) is 4.79 Å². The van der Waals surface area contributed by atoms with Crippen molar-refractivity contribution in [1.82, 2.24) is 25.8 Å². The first-order chi connectivity index (χ1) is 23.8. The quantitative estimate of drug-likeness (QED) is 0.266. The molecule has 4 rings (SSSR count). The highest BCUT2D eigenvalue weighted by atomic mass is 16.6. The van der Waals surface area contributed by atoms with Crippen molar-refractivity contribution in [1.29, 1.82) is 0 Å². The van der Waals surface area contributed by atoms with E-state index in [1.165, 1.54) is 16.7 Å². The van der Waals surface area contributed by atoms with Gasteiger partial charge in [0.15, 0.2) is 0 Å². The predicted molar refractivity (Wildman–Crippen MR) is 181 cm³/mol. The second kappa shape index (κ2) is 17.6. The second-order valence-electron chi connectivity index (χ2n) is 13.3. The largest absolute Gasteiger partial charge is 0.460 e. The Labute approximate surface area is 292 Å². The minimum atomic E-state index is -1.07. The molecule has 2 fully saturated rings. The third-order valence-corrected chi connectivity index (χ3v) is 8.21. The molecule has 50 heavy (non-hydrogen) atoms. The topological polar surface area (TPSA) is 173 Å². The van der Waals surface area contributed by atoms with Gasteiger partial charge in [-0.15, -0.1) is 0 Å². The minimum absolute atomic E-state index is 0.0619. The third kappa shape index (κ3) is 11.0. The predicted octanol–water partition coefficient (Wildman–Crippen LogP) is 2.05. The summed E-state index contributed by atoms with van der Waals surface area (Å²) < 4.78 is 16.8. The van der Waals surface area contributed by atoms with Crippen LogP contribution in [0, 0.1) is 0 Å². The summed E-state index contributed by atoms with van der Waals surface area (Å²) in [6, 6.07) is 15.6. The summed E-state index contributed by atoms with van der Waals surface area (Å²) in [6.07, 6.45) is 0.127. The van der Waals surface area contributed by atoms with Crippen LogP contribution < -0.4 is 16.0 Å². The molecule has 0 saturated carbocycles. The first kappa shape index (κ1) is 37.8. The van der Waals surface area contributed by atoms with Gasteiger partial charge in [0.05, 0.1) is 19.3 Å². The van der Waals surface area contributed by atoms with Gasteiger partial charge in [-0.1, -0.05) is 60.7 Å². The Kier molecular flexibility index (Phi) is 13.3. The molecule has 14 nitrogen and oxygen atoms in total. The summed E-state index contributed by atoms with van der Waals surface area (Å²) in [5, 5.41) is 7.50. The Balaban J connectivity index is 1.33. The molecular weight excluding hydrogens is 646 g/mol. The Morgan fingerprint density at radius 2 is 1.46 bits per heavy atom. The molecule has 0 bridgehead atoms. The lowest BCUT2D eigenvalue weighted by Crippen LogP contribution is -2.57. The van der Waals surface area contributed by atoms with Gasteiger partial charge in [0.25, 0.3) is 0 Å². The van der Waals surface area contributed by atoms with Gasteiger partial charge < -0.3 is 35.1 Å². The Bertz CT molecular complexity index is 1500. The van der Waals surface area contributed by atoms with Crippen LogP contribution in [0.25, 0.3) is 0 Å². The smallest absolute Gasteiger partial charge is 0.410 e. The van der Waals surface area contributed by atoms with Crippen LogP contribution in [0.1, 0.15) is 58.1 Å². The third-order valence-electron chi connectivity index (χ3n) is 8.21. The molecule has 0 aliphatic carbocycles. The highest BCUT2D eigenvalue weighted by Crippen LogP contribution is 2.28. The second-order valence-corrected chi connectivity index (χ2v) is 13.3. The van der Waals surface area contributed by atoms with E-state index in [-0.39, 0.29) is 26.3 Å². The van der Waals surface area contributed by atoms with Crippen molar-refractivity contribution < 1.29 is 43.0 Å². The molecule has 1 unspecified atom stereocenters. The van der Waals surface area contributed by atoms with Gasteiger partial charge in [0.2, 0.25) is 23.6 Å². The van der Waals surface area contributed by atoms with Crippen molar-refractivity contribution in [3.63, 3.8) is 0 Å². The van der Waals surface area contributed by atoms with Crippen LogP contribution in [-0.4, -0.2) is 102 Å². The average molecular weight is 694 g/mol. The minimum Gasteiger partial charge on any atom is -0.460 e. The molecule has 2 aromatic carbocycles. The molecule has 0 aromatic heterocycles. The zero-order valence-corrected chi connectivity index (χ0v) is 29.0. The molecule has 2 saturated heterocycles. The average Bonchev–Trinajstić information content (AvgIpc) is 3.76. The van der Waals surface area contributed by atoms with Crippen molar-refractivity contribution in [2.75, 3.05) is 26.2 Å². The summed E-state index contributed by atoms with van der Waals surface area (Å²) in [7, 11) is 0. The van der Waals surface area contributed by atoms with Crippen LogP contribution in [0.4, 0.5) is 4.79 Å². The van der Waals surface area contributed by atoms with Gasteiger partial charge >= 0.3 is 12.1 Å². The monoisotopic (exact) mass is 693 g/mol. The summed E-state index contributed by atoms with van der Waals surface area (Å²) >= 11 is 0. The zero-order valence-electron chi connectivity index (χ0n) is 29.0. The van der Waals surface area contributed by atoms with Gasteiger partial charge in [0, 0.05) is 13.1 Å². The maximum atomic E-state index is 13.9. The van der Waals surface area contributed by atoms with Crippen molar-refractivity contribution in [2.45, 2.75) is 90.0 Å². The molecule has 2 aliphatic heterocycles. The number of benzene rings is 2. The molecule has 14 heteroatoms. The molecule has 2 aliphatic rings. The molecule has 2 heterocycles. The summed E-state index contributed by atoms with van der Waals surface area (Å²) in [5.74, 6) is -2.91. The molecule has 4 atom stereocenters. The van der Waals surface area contributed by atoms with E-state index in [1.54, 1.807) is 32.9 Å². The highest BCUT2D eigenvalue weighted by molar-refractivity contribution is 5.95. The number of likely N-dealkylation sites (tertiary alicyclic amines) is 2. The maximum Gasteiger partial charge on any atom is 0.410 e. The number of carbonyl (C=O) groups is 6. The van der Waals surface area contributed by atoms with Crippen LogP contribution in [0.5, 0.6) is 0 Å². The summed E-state index contributed by atoms with van der Waals surface area (Å²) in [5.41, 5.74) is 0.946. The van der Waals surface area contributed by atoms with Crippen molar-refractivity contribution in [2.24, 2.45) is 0 Å². The maximum absolute atomic E-state index is 13.9. The molecule has 2 aromatic rings. The fourth-order valence-electron chi connectivity index (χ4n) is 5.76. The number of esters is 1. The van der Waals surface area contributed by atoms with E-state index < -0.39 is 72.1 Å². The van der Waals surface area contributed by atoms with Gasteiger partial charge in [-0.05, 0) is 58.1 Å². The van der Waals surface area contributed by atoms with Crippen molar-refractivity contribution in [3.05, 3.63) is 71.8 Å². The number of ether oxygens (including phenoxy) is 3. The lowest BCUT2D eigenvalue weighted by atomic mass is 10.1. The van der Waals surface area contributed by atoms with Crippen molar-refractivity contribution >= 4 is 35.7 Å². The van der Waals surface area contributed by atoms with E-state index in [1.807, 2.05) is 48.5 Å². The van der Waals surface area contributed by atoms with Crippen LogP contribution in [0.2, 0.25) is 0 Å². The number of nitrogens with one attached hydrogen (secondary N) is 3. The van der Waals surface area contributed by atoms with Crippen LogP contribution in [-0.2, 0) is 51.4 Å². The fourth-order valence-corrected chi connectivity index (χ4v) is 5.76. The number of carbonyl (C=O) groups excluding carboxylic acids is 6. The molecule has 270 valence electrons. The van der Waals surface area contributed by atoms with Gasteiger partial charge in [-0.3, -0.25) is 28.9 Å².